The minimum Gasteiger partial charge on any atom is -0.349 e. The predicted octanol–water partition coefficient (Wildman–Crippen LogP) is 7.71. The highest BCUT2D eigenvalue weighted by molar-refractivity contribution is 7.17. The molecule has 2 aromatic heterocycles. The number of nitrogens with zero attached hydrogens (tertiary/aromatic N) is 4. The molecule has 0 radical (unpaired) electrons. The summed E-state index contributed by atoms with van der Waals surface area (Å²) < 4.78 is 2.07. The van der Waals surface area contributed by atoms with Crippen molar-refractivity contribution in [3.05, 3.63) is 94.9 Å². The molecule has 2 fully saturated rings. The summed E-state index contributed by atoms with van der Waals surface area (Å²) in [5.41, 5.74) is 4.55. The number of thiophene rings is 1. The molecule has 2 heterocycles. The van der Waals surface area contributed by atoms with Gasteiger partial charge in [0.25, 0.3) is 5.91 Å². The Kier molecular flexibility index (Phi) is 9.52. The average Bonchev–Trinajstić information content (AvgIpc) is 3.75. The van der Waals surface area contributed by atoms with Crippen LogP contribution in [0.2, 0.25) is 0 Å². The molecule has 44 heavy (non-hydrogen) atoms. The van der Waals surface area contributed by atoms with E-state index in [-0.39, 0.29) is 23.8 Å². The fourth-order valence-electron chi connectivity index (χ4n) is 6.46. The van der Waals surface area contributed by atoms with Gasteiger partial charge < -0.3 is 14.8 Å². The molecule has 0 atom stereocenters. The van der Waals surface area contributed by atoms with Gasteiger partial charge in [0.2, 0.25) is 5.91 Å². The number of aromatic nitrogens is 2. The van der Waals surface area contributed by atoms with Crippen LogP contribution in [0.3, 0.4) is 0 Å². The molecular weight excluding hydrogens is 566 g/mol. The van der Waals surface area contributed by atoms with Crippen molar-refractivity contribution in [2.45, 2.75) is 83.3 Å². The van der Waals surface area contributed by atoms with E-state index in [1.165, 1.54) is 37.0 Å². The topological polar surface area (TPSA) is 91.0 Å². The molecule has 0 aliphatic heterocycles. The second-order valence-corrected chi connectivity index (χ2v) is 13.2. The van der Waals surface area contributed by atoms with Crippen molar-refractivity contribution >= 4 is 28.8 Å². The van der Waals surface area contributed by atoms with Gasteiger partial charge in [-0.25, -0.2) is 4.98 Å². The van der Waals surface area contributed by atoms with E-state index in [2.05, 4.69) is 33.1 Å². The number of imidazole rings is 1. The fourth-order valence-corrected chi connectivity index (χ4v) is 7.37. The van der Waals surface area contributed by atoms with E-state index in [0.29, 0.717) is 18.7 Å². The van der Waals surface area contributed by atoms with E-state index >= 15 is 0 Å². The molecule has 0 unspecified atom stereocenters. The molecule has 0 spiro atoms. The number of rotatable bonds is 9. The molecule has 4 aromatic rings. The van der Waals surface area contributed by atoms with Crippen LogP contribution in [0.5, 0.6) is 0 Å². The Morgan fingerprint density at radius 3 is 2.32 bits per heavy atom. The number of benzene rings is 2. The number of nitriles is 1. The number of nitrogens with one attached hydrogen (secondary N) is 1. The molecule has 8 heteroatoms. The molecular formula is C36H39N5O2S. The van der Waals surface area contributed by atoms with Gasteiger partial charge in [-0.2, -0.15) is 5.26 Å². The van der Waals surface area contributed by atoms with Gasteiger partial charge in [0.15, 0.2) is 0 Å². The van der Waals surface area contributed by atoms with Crippen molar-refractivity contribution in [3.8, 4) is 16.5 Å². The van der Waals surface area contributed by atoms with Gasteiger partial charge >= 0.3 is 0 Å². The zero-order valence-electron chi connectivity index (χ0n) is 25.1. The predicted molar refractivity (Wildman–Crippen MR) is 174 cm³/mol. The highest BCUT2D eigenvalue weighted by atomic mass is 32.1. The summed E-state index contributed by atoms with van der Waals surface area (Å²) in [7, 11) is 0. The van der Waals surface area contributed by atoms with Crippen molar-refractivity contribution in [2.24, 2.45) is 5.92 Å². The second kappa shape index (κ2) is 14.0. The van der Waals surface area contributed by atoms with Gasteiger partial charge in [-0.05, 0) is 73.2 Å². The molecule has 6 rings (SSSR count). The Labute approximate surface area is 263 Å². The van der Waals surface area contributed by atoms with Crippen LogP contribution in [0, 0.1) is 17.2 Å². The SMILES string of the molecule is N#Cc1ccc(Cn2cncc2CN(C(=O)C2CCCCC2)c2ccc(-c3ccc(C(=O)NC4CCCCC4)s3)cc2)cc1. The number of anilines is 1. The molecule has 2 aromatic carbocycles. The fraction of sp³-hybridized carbons (Fsp3) is 0.389. The summed E-state index contributed by atoms with van der Waals surface area (Å²) in [6, 6.07) is 22.1. The van der Waals surface area contributed by atoms with Gasteiger partial charge in [0.1, 0.15) is 0 Å². The molecule has 0 bridgehead atoms. The number of amides is 2. The van der Waals surface area contributed by atoms with E-state index in [4.69, 9.17) is 5.26 Å². The number of hydrogen-bond acceptors (Lipinski definition) is 5. The van der Waals surface area contributed by atoms with E-state index in [1.807, 2.05) is 59.6 Å². The third kappa shape index (κ3) is 7.11. The molecule has 2 amide bonds. The Bertz CT molecular complexity index is 1600. The van der Waals surface area contributed by atoms with Crippen LogP contribution >= 0.6 is 11.3 Å². The normalized spacial score (nSPS) is 15.9. The summed E-state index contributed by atoms with van der Waals surface area (Å²) >= 11 is 1.51. The Morgan fingerprint density at radius 1 is 0.909 bits per heavy atom. The van der Waals surface area contributed by atoms with Gasteiger partial charge in [-0.1, -0.05) is 62.8 Å². The average molecular weight is 606 g/mol. The van der Waals surface area contributed by atoms with Crippen LogP contribution < -0.4 is 10.2 Å². The maximum Gasteiger partial charge on any atom is 0.261 e. The zero-order chi connectivity index (χ0) is 30.3. The lowest BCUT2D eigenvalue weighted by Crippen LogP contribution is -2.37. The number of carbonyl (C=O) groups excluding carboxylic acids is 2. The number of hydrogen-bond donors (Lipinski definition) is 1. The maximum absolute atomic E-state index is 14.0. The summed E-state index contributed by atoms with van der Waals surface area (Å²) in [5.74, 6) is 0.217. The van der Waals surface area contributed by atoms with Crippen LogP contribution in [-0.4, -0.2) is 27.4 Å². The minimum absolute atomic E-state index is 0.0200. The summed E-state index contributed by atoms with van der Waals surface area (Å²) in [6.45, 7) is 1.04. The molecule has 2 aliphatic rings. The smallest absolute Gasteiger partial charge is 0.261 e. The van der Waals surface area contributed by atoms with Crippen LogP contribution in [0.1, 0.15) is 90.7 Å². The summed E-state index contributed by atoms with van der Waals surface area (Å²) in [4.78, 5) is 35.0. The van der Waals surface area contributed by atoms with E-state index < -0.39 is 0 Å². The van der Waals surface area contributed by atoms with Crippen molar-refractivity contribution < 1.29 is 9.59 Å². The molecule has 2 saturated carbocycles. The monoisotopic (exact) mass is 605 g/mol. The lowest BCUT2D eigenvalue weighted by Gasteiger charge is -2.30. The quantitative estimate of drug-likeness (QED) is 0.212. The van der Waals surface area contributed by atoms with Gasteiger partial charge in [0.05, 0.1) is 35.1 Å². The highest BCUT2D eigenvalue weighted by Gasteiger charge is 2.28. The minimum atomic E-state index is 0.0200. The first-order chi connectivity index (χ1) is 21.6. The largest absolute Gasteiger partial charge is 0.349 e. The maximum atomic E-state index is 14.0. The van der Waals surface area contributed by atoms with Crippen molar-refractivity contribution in [1.82, 2.24) is 14.9 Å². The molecule has 0 saturated heterocycles. The van der Waals surface area contributed by atoms with Crippen LogP contribution in [-0.2, 0) is 17.9 Å². The van der Waals surface area contributed by atoms with E-state index in [0.717, 1.165) is 70.8 Å². The van der Waals surface area contributed by atoms with Gasteiger partial charge in [-0.3, -0.25) is 9.59 Å². The van der Waals surface area contributed by atoms with Crippen LogP contribution in [0.25, 0.3) is 10.4 Å². The standard InChI is InChI=1S/C36H39N5O2S/c37-21-26-11-13-27(14-12-26)23-40-25-38-22-32(40)24-41(36(43)29-7-3-1-4-8-29)31-17-15-28(16-18-31)33-19-20-34(44-33)35(42)39-30-9-5-2-6-10-30/h11-20,22,25,29-30H,1-10,23-24H2,(H,39,42). The Hall–Kier alpha value is -4.22. The van der Waals surface area contributed by atoms with E-state index in [9.17, 15) is 9.59 Å². The summed E-state index contributed by atoms with van der Waals surface area (Å²) in [5, 5.41) is 12.4. The number of carbonyl (C=O) groups is 2. The van der Waals surface area contributed by atoms with Crippen LogP contribution in [0.4, 0.5) is 5.69 Å². The Morgan fingerprint density at radius 2 is 1.61 bits per heavy atom. The van der Waals surface area contributed by atoms with Gasteiger partial charge in [0, 0.05) is 35.3 Å². The first kappa shape index (κ1) is 29.8. The third-order valence-corrected chi connectivity index (χ3v) is 10.1. The molecule has 226 valence electrons. The molecule has 2 aliphatic carbocycles. The third-order valence-electron chi connectivity index (χ3n) is 9.01. The first-order valence-corrected chi connectivity index (χ1v) is 16.7. The lowest BCUT2D eigenvalue weighted by atomic mass is 9.88. The van der Waals surface area contributed by atoms with Crippen LogP contribution in [0.15, 0.2) is 73.2 Å². The molecule has 7 nitrogen and oxygen atoms in total. The van der Waals surface area contributed by atoms with E-state index in [1.54, 1.807) is 6.33 Å². The van der Waals surface area contributed by atoms with Crippen molar-refractivity contribution in [1.29, 1.82) is 5.26 Å². The van der Waals surface area contributed by atoms with Crippen molar-refractivity contribution in [3.63, 3.8) is 0 Å². The molecule has 1 N–H and O–H groups in total. The van der Waals surface area contributed by atoms with Crippen molar-refractivity contribution in [2.75, 3.05) is 4.90 Å². The second-order valence-electron chi connectivity index (χ2n) is 12.1. The Balaban J connectivity index is 1.20. The summed E-state index contributed by atoms with van der Waals surface area (Å²) in [6.07, 6.45) is 14.6. The van der Waals surface area contributed by atoms with Gasteiger partial charge in [-0.15, -0.1) is 11.3 Å². The lowest BCUT2D eigenvalue weighted by molar-refractivity contribution is -0.123. The first-order valence-electron chi connectivity index (χ1n) is 15.9. The zero-order valence-corrected chi connectivity index (χ0v) is 25.9. The highest BCUT2D eigenvalue weighted by Crippen LogP contribution is 2.33.